The van der Waals surface area contributed by atoms with Crippen LogP contribution < -0.4 is 10.1 Å². The summed E-state index contributed by atoms with van der Waals surface area (Å²) in [5.41, 5.74) is 0.567. The number of halogens is 1. The zero-order valence-electron chi connectivity index (χ0n) is 11.7. The number of ether oxygens (including phenoxy) is 2. The predicted octanol–water partition coefficient (Wildman–Crippen LogP) is 2.53. The van der Waals surface area contributed by atoms with Crippen LogP contribution in [-0.4, -0.2) is 32.4 Å². The van der Waals surface area contributed by atoms with Crippen molar-refractivity contribution in [1.29, 1.82) is 0 Å². The number of hydrogen-bond donors (Lipinski definition) is 1. The van der Waals surface area contributed by atoms with Gasteiger partial charge in [0, 0.05) is 13.2 Å². The molecule has 1 rings (SSSR count). The lowest BCUT2D eigenvalue weighted by molar-refractivity contribution is -0.0205. The van der Waals surface area contributed by atoms with Crippen molar-refractivity contribution in [3.63, 3.8) is 0 Å². The van der Waals surface area contributed by atoms with E-state index in [2.05, 4.69) is 5.32 Å². The fraction of sp³-hybridized carbons (Fsp3) is 0.571. The maximum Gasteiger partial charge on any atom is 0.126 e. The van der Waals surface area contributed by atoms with E-state index in [4.69, 9.17) is 9.47 Å². The molecule has 0 aromatic heterocycles. The minimum Gasteiger partial charge on any atom is -0.491 e. The van der Waals surface area contributed by atoms with Gasteiger partial charge in [0.25, 0.3) is 0 Å². The van der Waals surface area contributed by atoms with Gasteiger partial charge in [-0.05, 0) is 39.4 Å². The molecule has 0 saturated heterocycles. The Balaban J connectivity index is 2.71. The van der Waals surface area contributed by atoms with E-state index in [1.165, 1.54) is 12.1 Å². The summed E-state index contributed by atoms with van der Waals surface area (Å²) < 4.78 is 24.2. The van der Waals surface area contributed by atoms with Gasteiger partial charge >= 0.3 is 0 Å². The summed E-state index contributed by atoms with van der Waals surface area (Å²) in [6.45, 7) is 6.28. The first-order valence-corrected chi connectivity index (χ1v) is 6.02. The van der Waals surface area contributed by atoms with Crippen molar-refractivity contribution in [3.8, 4) is 5.75 Å². The van der Waals surface area contributed by atoms with Crippen molar-refractivity contribution in [2.24, 2.45) is 0 Å². The summed E-state index contributed by atoms with van der Waals surface area (Å²) >= 11 is 0. The quantitative estimate of drug-likeness (QED) is 0.847. The molecule has 1 aromatic rings. The molecule has 0 aliphatic heterocycles. The third kappa shape index (κ3) is 3.68. The molecule has 3 nitrogen and oxygen atoms in total. The number of hydrogen-bond acceptors (Lipinski definition) is 3. The first-order chi connectivity index (χ1) is 8.40. The van der Waals surface area contributed by atoms with Crippen molar-refractivity contribution in [3.05, 3.63) is 29.6 Å². The van der Waals surface area contributed by atoms with E-state index in [9.17, 15) is 4.39 Å². The van der Waals surface area contributed by atoms with Gasteiger partial charge in [-0.15, -0.1) is 0 Å². The standard InChI is InChI=1S/C14H22FNO2/c1-10-6-7-11(15)8-12(10)18-9-13(16-4)14(2,3)17-5/h6-8,13,16H,9H2,1-5H3. The number of benzene rings is 1. The van der Waals surface area contributed by atoms with Crippen LogP contribution in [0.5, 0.6) is 5.75 Å². The van der Waals surface area contributed by atoms with Gasteiger partial charge in [0.1, 0.15) is 18.2 Å². The van der Waals surface area contributed by atoms with E-state index in [0.717, 1.165) is 5.56 Å². The van der Waals surface area contributed by atoms with Gasteiger partial charge in [-0.3, -0.25) is 0 Å². The van der Waals surface area contributed by atoms with Crippen LogP contribution in [0.3, 0.4) is 0 Å². The van der Waals surface area contributed by atoms with Crippen LogP contribution >= 0.6 is 0 Å². The molecule has 102 valence electrons. The molecule has 1 aromatic carbocycles. The minimum atomic E-state index is -0.351. The summed E-state index contributed by atoms with van der Waals surface area (Å²) in [7, 11) is 3.52. The van der Waals surface area contributed by atoms with Gasteiger partial charge in [-0.1, -0.05) is 6.07 Å². The Morgan fingerprint density at radius 1 is 1.39 bits per heavy atom. The number of methoxy groups -OCH3 is 1. The zero-order valence-corrected chi connectivity index (χ0v) is 11.7. The summed E-state index contributed by atoms with van der Waals surface area (Å²) in [5, 5.41) is 3.15. The van der Waals surface area contributed by atoms with E-state index in [-0.39, 0.29) is 17.5 Å². The molecule has 1 unspecified atom stereocenters. The van der Waals surface area contributed by atoms with E-state index >= 15 is 0 Å². The van der Waals surface area contributed by atoms with Gasteiger partial charge in [0.2, 0.25) is 0 Å². The van der Waals surface area contributed by atoms with Crippen LogP contribution in [0.1, 0.15) is 19.4 Å². The number of likely N-dealkylation sites (N-methyl/N-ethyl adjacent to an activating group) is 1. The van der Waals surface area contributed by atoms with E-state index < -0.39 is 0 Å². The molecule has 0 saturated carbocycles. The van der Waals surface area contributed by atoms with E-state index in [1.54, 1.807) is 13.2 Å². The zero-order chi connectivity index (χ0) is 13.8. The Labute approximate surface area is 108 Å². The highest BCUT2D eigenvalue weighted by atomic mass is 19.1. The first kappa shape index (κ1) is 14.9. The summed E-state index contributed by atoms with van der Waals surface area (Å²) in [6, 6.07) is 4.56. The normalized spacial score (nSPS) is 13.4. The average Bonchev–Trinajstić information content (AvgIpc) is 2.34. The third-order valence-electron chi connectivity index (χ3n) is 3.27. The Hall–Kier alpha value is -1.13. The topological polar surface area (TPSA) is 30.5 Å². The van der Waals surface area contributed by atoms with Crippen LogP contribution in [-0.2, 0) is 4.74 Å². The summed E-state index contributed by atoms with van der Waals surface area (Å²) in [6.07, 6.45) is 0. The van der Waals surface area contributed by atoms with Gasteiger partial charge in [0.05, 0.1) is 11.6 Å². The lowest BCUT2D eigenvalue weighted by Gasteiger charge is -2.32. The highest BCUT2D eigenvalue weighted by Gasteiger charge is 2.28. The Morgan fingerprint density at radius 2 is 2.06 bits per heavy atom. The highest BCUT2D eigenvalue weighted by molar-refractivity contribution is 5.32. The molecule has 0 amide bonds. The molecule has 1 N–H and O–H groups in total. The monoisotopic (exact) mass is 255 g/mol. The van der Waals surface area contributed by atoms with Crippen molar-refractivity contribution >= 4 is 0 Å². The van der Waals surface area contributed by atoms with Crippen LogP contribution in [0.25, 0.3) is 0 Å². The Kier molecular flexibility index (Phi) is 5.11. The van der Waals surface area contributed by atoms with Crippen molar-refractivity contribution in [2.45, 2.75) is 32.4 Å². The molecule has 0 heterocycles. The van der Waals surface area contributed by atoms with Gasteiger partial charge in [0.15, 0.2) is 0 Å². The number of nitrogens with one attached hydrogen (secondary N) is 1. The van der Waals surface area contributed by atoms with Crippen molar-refractivity contribution < 1.29 is 13.9 Å². The van der Waals surface area contributed by atoms with E-state index in [0.29, 0.717) is 12.4 Å². The third-order valence-corrected chi connectivity index (χ3v) is 3.27. The van der Waals surface area contributed by atoms with Crippen LogP contribution in [0, 0.1) is 12.7 Å². The van der Waals surface area contributed by atoms with Gasteiger partial charge in [-0.25, -0.2) is 4.39 Å². The maximum absolute atomic E-state index is 13.1. The number of rotatable bonds is 6. The first-order valence-electron chi connectivity index (χ1n) is 6.02. The highest BCUT2D eigenvalue weighted by Crippen LogP contribution is 2.21. The van der Waals surface area contributed by atoms with Crippen LogP contribution in [0.2, 0.25) is 0 Å². The number of aryl methyl sites for hydroxylation is 1. The van der Waals surface area contributed by atoms with Gasteiger partial charge < -0.3 is 14.8 Å². The Bertz CT molecular complexity index is 393. The smallest absolute Gasteiger partial charge is 0.126 e. The van der Waals surface area contributed by atoms with Crippen molar-refractivity contribution in [2.75, 3.05) is 20.8 Å². The molecule has 0 radical (unpaired) electrons. The predicted molar refractivity (Wildman–Crippen MR) is 70.6 cm³/mol. The molecule has 0 spiro atoms. The summed E-state index contributed by atoms with van der Waals surface area (Å²) in [4.78, 5) is 0. The van der Waals surface area contributed by atoms with E-state index in [1.807, 2.05) is 27.8 Å². The SMILES string of the molecule is CNC(COc1cc(F)ccc1C)C(C)(C)OC. The van der Waals surface area contributed by atoms with Crippen molar-refractivity contribution in [1.82, 2.24) is 5.32 Å². The minimum absolute atomic E-state index is 0.0187. The fourth-order valence-corrected chi connectivity index (χ4v) is 1.68. The molecular formula is C14H22FNO2. The van der Waals surface area contributed by atoms with Crippen LogP contribution in [0.4, 0.5) is 4.39 Å². The Morgan fingerprint density at radius 3 is 2.61 bits per heavy atom. The lowest BCUT2D eigenvalue weighted by Crippen LogP contribution is -2.50. The second-order valence-electron chi connectivity index (χ2n) is 4.87. The second kappa shape index (κ2) is 6.16. The molecular weight excluding hydrogens is 233 g/mol. The molecule has 0 bridgehead atoms. The summed E-state index contributed by atoms with van der Waals surface area (Å²) in [5.74, 6) is 0.282. The second-order valence-corrected chi connectivity index (χ2v) is 4.87. The fourth-order valence-electron chi connectivity index (χ4n) is 1.68. The molecule has 0 aliphatic carbocycles. The van der Waals surface area contributed by atoms with Gasteiger partial charge in [-0.2, -0.15) is 0 Å². The van der Waals surface area contributed by atoms with Crippen LogP contribution in [0.15, 0.2) is 18.2 Å². The lowest BCUT2D eigenvalue weighted by atomic mass is 9.99. The molecule has 0 aliphatic rings. The molecule has 0 fully saturated rings. The maximum atomic E-state index is 13.1. The largest absolute Gasteiger partial charge is 0.491 e. The average molecular weight is 255 g/mol. The molecule has 4 heteroatoms. The molecule has 1 atom stereocenters. The molecule has 18 heavy (non-hydrogen) atoms.